The fourth-order valence-electron chi connectivity index (χ4n) is 3.85. The smallest absolute Gasteiger partial charge is 0.269 e. The van der Waals surface area contributed by atoms with Crippen LogP contribution in [0.4, 0.5) is 5.69 Å². The number of nitro benzene ring substituents is 1. The Balaban J connectivity index is 1.83. The Morgan fingerprint density at radius 2 is 1.55 bits per heavy atom. The van der Waals surface area contributed by atoms with Crippen LogP contribution in [0.1, 0.15) is 37.5 Å². The Kier molecular flexibility index (Phi) is 10.5. The average Bonchev–Trinajstić information content (AvgIpc) is 2.87. The van der Waals surface area contributed by atoms with Gasteiger partial charge in [-0.05, 0) is 49.6 Å². The topological polar surface area (TPSA) is 92.6 Å². The summed E-state index contributed by atoms with van der Waals surface area (Å²) in [4.78, 5) is 39.4. The van der Waals surface area contributed by atoms with Crippen molar-refractivity contribution in [2.24, 2.45) is 0 Å². The van der Waals surface area contributed by atoms with Gasteiger partial charge in [-0.3, -0.25) is 19.7 Å². The predicted molar refractivity (Wildman–Crippen MR) is 156 cm³/mol. The second-order valence-electron chi connectivity index (χ2n) is 10.0. The molecule has 0 aliphatic rings. The molecule has 0 fully saturated rings. The van der Waals surface area contributed by atoms with Gasteiger partial charge >= 0.3 is 0 Å². The van der Waals surface area contributed by atoms with Crippen LogP contribution in [-0.4, -0.2) is 39.0 Å². The number of carbonyl (C=O) groups excluding carboxylic acids is 2. The van der Waals surface area contributed by atoms with E-state index < -0.39 is 16.5 Å². The molecule has 0 radical (unpaired) electrons. The van der Waals surface area contributed by atoms with Gasteiger partial charge in [-0.15, -0.1) is 11.8 Å². The maximum Gasteiger partial charge on any atom is 0.269 e. The van der Waals surface area contributed by atoms with Crippen LogP contribution in [0.3, 0.4) is 0 Å². The largest absolute Gasteiger partial charge is 0.350 e. The molecule has 0 aromatic heterocycles. The first-order valence-electron chi connectivity index (χ1n) is 12.2. The third kappa shape index (κ3) is 9.29. The number of benzene rings is 3. The van der Waals surface area contributed by atoms with Crippen LogP contribution in [0.15, 0.2) is 83.3 Å². The molecule has 0 aliphatic carbocycles. The second-order valence-corrected chi connectivity index (χ2v) is 11.9. The first kappa shape index (κ1) is 29.4. The molecular formula is C29H32BrN3O4S. The number of thioether (sulfide) groups is 1. The third-order valence-corrected chi connectivity index (χ3v) is 7.19. The molecule has 3 aromatic carbocycles. The first-order chi connectivity index (χ1) is 18.0. The van der Waals surface area contributed by atoms with Crippen molar-refractivity contribution < 1.29 is 14.5 Å². The number of nitro groups is 1. The number of amides is 2. The number of halogens is 1. The van der Waals surface area contributed by atoms with Gasteiger partial charge in [-0.2, -0.15) is 0 Å². The SMILES string of the molecule is CC(C)(C)NC(=O)C(Cc1ccccc1)N(Cc1ccc(Br)cc1)C(=O)CSCc1ccc([N+](=O)[O-])cc1. The lowest BCUT2D eigenvalue weighted by molar-refractivity contribution is -0.384. The molecule has 2 amide bonds. The summed E-state index contributed by atoms with van der Waals surface area (Å²) in [6, 6.07) is 23.0. The monoisotopic (exact) mass is 597 g/mol. The van der Waals surface area contributed by atoms with E-state index in [0.29, 0.717) is 18.7 Å². The summed E-state index contributed by atoms with van der Waals surface area (Å²) in [5.74, 6) is 0.339. The fourth-order valence-corrected chi connectivity index (χ4v) is 4.98. The van der Waals surface area contributed by atoms with Crippen LogP contribution in [0.5, 0.6) is 0 Å². The van der Waals surface area contributed by atoms with E-state index in [4.69, 9.17) is 0 Å². The van der Waals surface area contributed by atoms with Gasteiger partial charge in [0, 0.05) is 40.9 Å². The minimum absolute atomic E-state index is 0.0316. The van der Waals surface area contributed by atoms with Crippen LogP contribution < -0.4 is 5.32 Å². The molecule has 1 N–H and O–H groups in total. The zero-order valence-electron chi connectivity index (χ0n) is 21.7. The summed E-state index contributed by atoms with van der Waals surface area (Å²) < 4.78 is 0.934. The number of hydrogen-bond donors (Lipinski definition) is 1. The van der Waals surface area contributed by atoms with E-state index in [2.05, 4.69) is 21.2 Å². The van der Waals surface area contributed by atoms with Crippen LogP contribution in [0.2, 0.25) is 0 Å². The number of rotatable bonds is 11. The van der Waals surface area contributed by atoms with Gasteiger partial charge in [-0.25, -0.2) is 0 Å². The molecule has 0 bridgehead atoms. The molecule has 0 saturated carbocycles. The van der Waals surface area contributed by atoms with E-state index >= 15 is 0 Å². The van der Waals surface area contributed by atoms with Crippen molar-refractivity contribution in [2.45, 2.75) is 51.1 Å². The molecule has 0 heterocycles. The zero-order valence-corrected chi connectivity index (χ0v) is 24.1. The molecule has 3 rings (SSSR count). The maximum atomic E-state index is 13.7. The highest BCUT2D eigenvalue weighted by molar-refractivity contribution is 9.10. The number of non-ortho nitro benzene ring substituents is 1. The molecule has 1 unspecified atom stereocenters. The molecule has 3 aromatic rings. The first-order valence-corrected chi connectivity index (χ1v) is 14.2. The number of nitrogens with zero attached hydrogens (tertiary/aromatic N) is 2. The Morgan fingerprint density at radius 3 is 2.13 bits per heavy atom. The lowest BCUT2D eigenvalue weighted by atomic mass is 10.0. The Labute approximate surface area is 236 Å². The highest BCUT2D eigenvalue weighted by atomic mass is 79.9. The molecule has 1 atom stereocenters. The second kappa shape index (κ2) is 13.6. The molecule has 0 aliphatic heterocycles. The van der Waals surface area contributed by atoms with E-state index in [9.17, 15) is 19.7 Å². The Bertz CT molecular complexity index is 1230. The molecule has 7 nitrogen and oxygen atoms in total. The summed E-state index contributed by atoms with van der Waals surface area (Å²) in [6.07, 6.45) is 0.387. The van der Waals surface area contributed by atoms with E-state index in [1.54, 1.807) is 17.0 Å². The van der Waals surface area contributed by atoms with Gasteiger partial charge in [0.25, 0.3) is 5.69 Å². The molecule has 9 heteroatoms. The van der Waals surface area contributed by atoms with Crippen LogP contribution >= 0.6 is 27.7 Å². The Hall–Kier alpha value is -3.17. The normalized spacial score (nSPS) is 12.0. The molecule has 38 heavy (non-hydrogen) atoms. The van der Waals surface area contributed by atoms with Gasteiger partial charge in [0.1, 0.15) is 6.04 Å². The lowest BCUT2D eigenvalue weighted by Crippen LogP contribution is -2.54. The summed E-state index contributed by atoms with van der Waals surface area (Å²) in [5, 5.41) is 14.0. The van der Waals surface area contributed by atoms with Crippen molar-refractivity contribution >= 4 is 45.2 Å². The van der Waals surface area contributed by atoms with E-state index in [-0.39, 0.29) is 23.3 Å². The molecule has 200 valence electrons. The number of nitrogens with one attached hydrogen (secondary N) is 1. The van der Waals surface area contributed by atoms with Crippen molar-refractivity contribution in [1.29, 1.82) is 0 Å². The highest BCUT2D eigenvalue weighted by Gasteiger charge is 2.32. The molecular weight excluding hydrogens is 566 g/mol. The van der Waals surface area contributed by atoms with Gasteiger partial charge in [0.05, 0.1) is 10.7 Å². The standard InChI is InChI=1S/C29H32BrN3O4S/c1-29(2,3)31-28(35)26(17-21-7-5-4-6-8-21)32(18-22-9-13-24(30)14-10-22)27(34)20-38-19-23-11-15-25(16-12-23)33(36)37/h4-16,26H,17-20H2,1-3H3,(H,31,35). The fraction of sp³-hybridized carbons (Fsp3) is 0.310. The van der Waals surface area contributed by atoms with Gasteiger partial charge in [0.2, 0.25) is 11.8 Å². The van der Waals surface area contributed by atoms with Crippen LogP contribution in [-0.2, 0) is 28.3 Å². The average molecular weight is 599 g/mol. The predicted octanol–water partition coefficient (Wildman–Crippen LogP) is 6.15. The van der Waals surface area contributed by atoms with Gasteiger partial charge < -0.3 is 10.2 Å². The van der Waals surface area contributed by atoms with E-state index in [1.165, 1.54) is 23.9 Å². The molecule has 0 saturated heterocycles. The van der Waals surface area contributed by atoms with Gasteiger partial charge in [-0.1, -0.05) is 70.5 Å². The summed E-state index contributed by atoms with van der Waals surface area (Å²) in [6.45, 7) is 6.06. The quantitative estimate of drug-likeness (QED) is 0.211. The Morgan fingerprint density at radius 1 is 0.947 bits per heavy atom. The zero-order chi connectivity index (χ0) is 27.7. The lowest BCUT2D eigenvalue weighted by Gasteiger charge is -2.34. The maximum absolute atomic E-state index is 13.7. The number of hydrogen-bond acceptors (Lipinski definition) is 5. The molecule has 0 spiro atoms. The minimum Gasteiger partial charge on any atom is -0.350 e. The van der Waals surface area contributed by atoms with Crippen LogP contribution in [0, 0.1) is 10.1 Å². The summed E-state index contributed by atoms with van der Waals surface area (Å²) in [7, 11) is 0. The van der Waals surface area contributed by atoms with Crippen molar-refractivity contribution in [2.75, 3.05) is 5.75 Å². The van der Waals surface area contributed by atoms with Crippen molar-refractivity contribution in [3.8, 4) is 0 Å². The van der Waals surface area contributed by atoms with E-state index in [0.717, 1.165) is 21.2 Å². The van der Waals surface area contributed by atoms with Gasteiger partial charge in [0.15, 0.2) is 0 Å². The van der Waals surface area contributed by atoms with Crippen molar-refractivity contribution in [3.63, 3.8) is 0 Å². The van der Waals surface area contributed by atoms with Crippen molar-refractivity contribution in [3.05, 3.63) is 110 Å². The number of carbonyl (C=O) groups is 2. The minimum atomic E-state index is -0.701. The van der Waals surface area contributed by atoms with Crippen LogP contribution in [0.25, 0.3) is 0 Å². The summed E-state index contributed by atoms with van der Waals surface area (Å²) in [5.41, 5.74) is 2.35. The van der Waals surface area contributed by atoms with Crippen molar-refractivity contribution in [1.82, 2.24) is 10.2 Å². The highest BCUT2D eigenvalue weighted by Crippen LogP contribution is 2.21. The third-order valence-electron chi connectivity index (χ3n) is 5.68. The summed E-state index contributed by atoms with van der Waals surface area (Å²) >= 11 is 4.87. The van der Waals surface area contributed by atoms with E-state index in [1.807, 2.05) is 75.4 Å².